The molecule has 1 heterocycles. The summed E-state index contributed by atoms with van der Waals surface area (Å²) in [5, 5.41) is 7.46. The highest BCUT2D eigenvalue weighted by atomic mass is 16.2. The Hall–Kier alpha value is -1.36. The van der Waals surface area contributed by atoms with Crippen molar-refractivity contribution in [3.8, 4) is 0 Å². The van der Waals surface area contributed by atoms with Gasteiger partial charge in [0.05, 0.1) is 5.69 Å². The van der Waals surface area contributed by atoms with Crippen molar-refractivity contribution in [1.29, 1.82) is 0 Å². The molecule has 108 valence electrons. The number of hydrogen-bond donors (Lipinski definition) is 1. The van der Waals surface area contributed by atoms with E-state index in [1.165, 1.54) is 5.56 Å². The van der Waals surface area contributed by atoms with E-state index in [9.17, 15) is 4.79 Å². The smallest absolute Gasteiger partial charge is 0.225 e. The molecule has 0 aliphatic heterocycles. The molecule has 5 heteroatoms. The molecule has 5 nitrogen and oxygen atoms in total. The third-order valence-electron chi connectivity index (χ3n) is 3.66. The summed E-state index contributed by atoms with van der Waals surface area (Å²) >= 11 is 0. The molecule has 1 atom stereocenters. The van der Waals surface area contributed by atoms with Crippen molar-refractivity contribution in [2.75, 3.05) is 27.2 Å². The Balaban J connectivity index is 2.68. The van der Waals surface area contributed by atoms with Crippen LogP contribution in [0.25, 0.3) is 0 Å². The standard InChI is InChI=1S/C14H26N4O/c1-10(14(19)17(5)8-7-15-4)9-13-11(2)16-18(6)12(13)3/h10,15H,7-9H2,1-6H3. The lowest BCUT2D eigenvalue weighted by Crippen LogP contribution is -2.36. The van der Waals surface area contributed by atoms with Gasteiger partial charge in [-0.2, -0.15) is 5.10 Å². The van der Waals surface area contributed by atoms with E-state index in [1.54, 1.807) is 4.90 Å². The second-order valence-electron chi connectivity index (χ2n) is 5.24. The van der Waals surface area contributed by atoms with Gasteiger partial charge in [0.2, 0.25) is 5.91 Å². The summed E-state index contributed by atoms with van der Waals surface area (Å²) in [6.07, 6.45) is 0.758. The normalized spacial score (nSPS) is 12.5. The van der Waals surface area contributed by atoms with E-state index >= 15 is 0 Å². The molecule has 1 unspecified atom stereocenters. The Kier molecular flexibility index (Phi) is 5.54. The molecule has 1 rings (SSSR count). The molecule has 0 saturated carbocycles. The fourth-order valence-corrected chi connectivity index (χ4v) is 2.27. The van der Waals surface area contributed by atoms with Crippen LogP contribution in [-0.4, -0.2) is 47.8 Å². The molecular weight excluding hydrogens is 240 g/mol. The SMILES string of the molecule is CNCCN(C)C(=O)C(C)Cc1c(C)nn(C)c1C. The minimum Gasteiger partial charge on any atom is -0.344 e. The molecule has 0 fully saturated rings. The lowest BCUT2D eigenvalue weighted by Gasteiger charge is -2.21. The number of nitrogens with zero attached hydrogens (tertiary/aromatic N) is 3. The number of amides is 1. The van der Waals surface area contributed by atoms with Crippen molar-refractivity contribution in [2.45, 2.75) is 27.2 Å². The van der Waals surface area contributed by atoms with Crippen LogP contribution in [0, 0.1) is 19.8 Å². The van der Waals surface area contributed by atoms with Gasteiger partial charge >= 0.3 is 0 Å². The van der Waals surface area contributed by atoms with Crippen LogP contribution in [0.2, 0.25) is 0 Å². The zero-order chi connectivity index (χ0) is 14.6. The number of nitrogens with one attached hydrogen (secondary N) is 1. The molecule has 0 spiro atoms. The van der Waals surface area contributed by atoms with Crippen LogP contribution in [0.1, 0.15) is 23.9 Å². The zero-order valence-electron chi connectivity index (χ0n) is 12.9. The minimum atomic E-state index is -0.0107. The molecule has 0 aliphatic rings. The van der Waals surface area contributed by atoms with Gasteiger partial charge in [-0.25, -0.2) is 0 Å². The van der Waals surface area contributed by atoms with Crippen LogP contribution in [0.5, 0.6) is 0 Å². The van der Waals surface area contributed by atoms with E-state index in [-0.39, 0.29) is 11.8 Å². The summed E-state index contributed by atoms with van der Waals surface area (Å²) in [5.41, 5.74) is 3.37. The topological polar surface area (TPSA) is 50.2 Å². The number of aromatic nitrogens is 2. The van der Waals surface area contributed by atoms with Gasteiger partial charge in [0.1, 0.15) is 0 Å². The predicted molar refractivity (Wildman–Crippen MR) is 77.1 cm³/mol. The molecule has 1 amide bonds. The summed E-state index contributed by atoms with van der Waals surface area (Å²) in [4.78, 5) is 14.0. The van der Waals surface area contributed by atoms with E-state index in [4.69, 9.17) is 0 Å². The number of carbonyl (C=O) groups excluding carboxylic acids is 1. The van der Waals surface area contributed by atoms with Gasteiger partial charge < -0.3 is 10.2 Å². The second kappa shape index (κ2) is 6.70. The maximum atomic E-state index is 12.3. The highest BCUT2D eigenvalue weighted by Crippen LogP contribution is 2.17. The third kappa shape index (κ3) is 3.80. The van der Waals surface area contributed by atoms with Crippen LogP contribution < -0.4 is 5.32 Å². The van der Waals surface area contributed by atoms with E-state index in [1.807, 2.05) is 39.7 Å². The van der Waals surface area contributed by atoms with E-state index in [2.05, 4.69) is 17.3 Å². The van der Waals surface area contributed by atoms with Crippen LogP contribution >= 0.6 is 0 Å². The van der Waals surface area contributed by atoms with E-state index in [0.29, 0.717) is 0 Å². The predicted octanol–water partition coefficient (Wildman–Crippen LogP) is 0.893. The molecular formula is C14H26N4O. The molecule has 0 saturated heterocycles. The largest absolute Gasteiger partial charge is 0.344 e. The fourth-order valence-electron chi connectivity index (χ4n) is 2.27. The Morgan fingerprint density at radius 3 is 2.58 bits per heavy atom. The average molecular weight is 266 g/mol. The van der Waals surface area contributed by atoms with Gasteiger partial charge in [0.15, 0.2) is 0 Å². The highest BCUT2D eigenvalue weighted by molar-refractivity contribution is 5.78. The summed E-state index contributed by atoms with van der Waals surface area (Å²) < 4.78 is 1.88. The molecule has 1 aromatic rings. The van der Waals surface area contributed by atoms with Gasteiger partial charge in [0.25, 0.3) is 0 Å². The van der Waals surface area contributed by atoms with E-state index in [0.717, 1.165) is 30.9 Å². The van der Waals surface area contributed by atoms with Crippen molar-refractivity contribution >= 4 is 5.91 Å². The Morgan fingerprint density at radius 1 is 1.47 bits per heavy atom. The quantitative estimate of drug-likeness (QED) is 0.832. The summed E-state index contributed by atoms with van der Waals surface area (Å²) in [5.74, 6) is 0.182. The highest BCUT2D eigenvalue weighted by Gasteiger charge is 2.20. The van der Waals surface area contributed by atoms with Crippen molar-refractivity contribution in [3.63, 3.8) is 0 Å². The average Bonchev–Trinajstić information content (AvgIpc) is 2.61. The van der Waals surface area contributed by atoms with Crippen LogP contribution in [0.15, 0.2) is 0 Å². The Bertz CT molecular complexity index is 439. The molecule has 1 N–H and O–H groups in total. The summed E-state index contributed by atoms with van der Waals surface area (Å²) in [6.45, 7) is 7.61. The van der Waals surface area contributed by atoms with Crippen molar-refractivity contribution in [1.82, 2.24) is 20.0 Å². The second-order valence-corrected chi connectivity index (χ2v) is 5.24. The molecule has 0 radical (unpaired) electrons. The van der Waals surface area contributed by atoms with Crippen molar-refractivity contribution in [3.05, 3.63) is 17.0 Å². The number of likely N-dealkylation sites (N-methyl/N-ethyl adjacent to an activating group) is 2. The molecule has 0 aromatic carbocycles. The first-order chi connectivity index (χ1) is 8.88. The zero-order valence-corrected chi connectivity index (χ0v) is 12.9. The van der Waals surface area contributed by atoms with Gasteiger partial charge in [0, 0.05) is 38.8 Å². The lowest BCUT2D eigenvalue weighted by atomic mass is 9.98. The van der Waals surface area contributed by atoms with E-state index < -0.39 is 0 Å². The molecule has 1 aromatic heterocycles. The number of aryl methyl sites for hydroxylation is 2. The number of hydrogen-bond acceptors (Lipinski definition) is 3. The maximum Gasteiger partial charge on any atom is 0.225 e. The first-order valence-electron chi connectivity index (χ1n) is 6.77. The van der Waals surface area contributed by atoms with Crippen molar-refractivity contribution < 1.29 is 4.79 Å². The van der Waals surface area contributed by atoms with Gasteiger partial charge in [-0.05, 0) is 32.9 Å². The van der Waals surface area contributed by atoms with Crippen LogP contribution in [0.3, 0.4) is 0 Å². The lowest BCUT2D eigenvalue weighted by molar-refractivity contribution is -0.133. The first-order valence-corrected chi connectivity index (χ1v) is 6.77. The maximum absolute atomic E-state index is 12.3. The first kappa shape index (κ1) is 15.7. The fraction of sp³-hybridized carbons (Fsp3) is 0.714. The Labute approximate surface area is 116 Å². The summed E-state index contributed by atoms with van der Waals surface area (Å²) in [7, 11) is 5.70. The number of rotatable bonds is 6. The van der Waals surface area contributed by atoms with Crippen LogP contribution in [-0.2, 0) is 18.3 Å². The van der Waals surface area contributed by atoms with Gasteiger partial charge in [-0.15, -0.1) is 0 Å². The Morgan fingerprint density at radius 2 is 2.11 bits per heavy atom. The minimum absolute atomic E-state index is 0.0107. The molecule has 19 heavy (non-hydrogen) atoms. The summed E-state index contributed by atoms with van der Waals surface area (Å²) in [6, 6.07) is 0. The van der Waals surface area contributed by atoms with Crippen LogP contribution in [0.4, 0.5) is 0 Å². The molecule has 0 bridgehead atoms. The van der Waals surface area contributed by atoms with Gasteiger partial charge in [-0.1, -0.05) is 6.92 Å². The van der Waals surface area contributed by atoms with Crippen molar-refractivity contribution in [2.24, 2.45) is 13.0 Å². The van der Waals surface area contributed by atoms with Gasteiger partial charge in [-0.3, -0.25) is 9.48 Å². The third-order valence-corrected chi connectivity index (χ3v) is 3.66. The monoisotopic (exact) mass is 266 g/mol. The molecule has 0 aliphatic carbocycles. The number of carbonyl (C=O) groups is 1.